The highest BCUT2D eigenvalue weighted by Gasteiger charge is 2.51. The summed E-state index contributed by atoms with van der Waals surface area (Å²) in [6.45, 7) is 2.85. The number of ether oxygens (including phenoxy) is 4. The maximum Gasteiger partial charge on any atom is 0.220 e. The molecular weight excluding hydrogens is 1170 g/mol. The highest BCUT2D eigenvalue weighted by Crippen LogP contribution is 2.30. The number of carbonyl (C=O) groups excluding carboxylic acids is 1. The Balaban J connectivity index is 1.57. The smallest absolute Gasteiger partial charge is 0.220 e. The van der Waals surface area contributed by atoms with Crippen molar-refractivity contribution in [3.8, 4) is 0 Å². The van der Waals surface area contributed by atoms with Gasteiger partial charge < -0.3 is 65.1 Å². The Bertz CT molecular complexity index is 1650. The van der Waals surface area contributed by atoms with Gasteiger partial charge in [0.05, 0.1) is 32.0 Å². The van der Waals surface area contributed by atoms with E-state index >= 15 is 0 Å². The van der Waals surface area contributed by atoms with Crippen LogP contribution in [0.1, 0.15) is 380 Å². The lowest BCUT2D eigenvalue weighted by Gasteiger charge is -2.46. The number of carbonyl (C=O) groups is 1. The number of hydrogen-bond donors (Lipinski definition) is 9. The van der Waals surface area contributed by atoms with E-state index in [-0.39, 0.29) is 18.9 Å². The fourth-order valence-corrected chi connectivity index (χ4v) is 13.6. The molecule has 1 amide bonds. The Morgan fingerprint density at radius 3 is 1.05 bits per heavy atom. The molecule has 0 aromatic carbocycles. The summed E-state index contributed by atoms with van der Waals surface area (Å²) < 4.78 is 22.9. The average molecular weight is 1320 g/mol. The lowest BCUT2D eigenvalue weighted by Crippen LogP contribution is -2.65. The average Bonchev–Trinajstić information content (AvgIpc) is 0.852. The lowest BCUT2D eigenvalue weighted by atomic mass is 9.97. The van der Waals surface area contributed by atoms with Crippen LogP contribution in [0.4, 0.5) is 0 Å². The fourth-order valence-electron chi connectivity index (χ4n) is 13.6. The summed E-state index contributed by atoms with van der Waals surface area (Å²) in [6, 6.07) is -0.930. The molecule has 14 heteroatoms. The second-order valence-corrected chi connectivity index (χ2v) is 28.5. The Hall–Kier alpha value is -1.53. The molecule has 2 aliphatic rings. The zero-order valence-electron chi connectivity index (χ0n) is 60.3. The van der Waals surface area contributed by atoms with Crippen molar-refractivity contribution in [1.82, 2.24) is 5.32 Å². The Morgan fingerprint density at radius 2 is 0.688 bits per heavy atom. The van der Waals surface area contributed by atoms with Crippen molar-refractivity contribution < 1.29 is 64.6 Å². The SMILES string of the molecule is CCCCCCCCCCCCCCCC/C=C/CC/C=C/C(O)C(COC1OC(CO)C(OC2OC(CO)C(O)C(O)C2O)C(O)C1O)NC(=O)CCCCCCCCCCCCCCCCCCCCCCCCCCCCCCCCCCCCCCCCC. The van der Waals surface area contributed by atoms with Crippen molar-refractivity contribution in [1.29, 1.82) is 0 Å². The first kappa shape index (κ1) is 87.6. The van der Waals surface area contributed by atoms with Gasteiger partial charge in [0.25, 0.3) is 0 Å². The van der Waals surface area contributed by atoms with Crippen LogP contribution in [-0.4, -0.2) is 140 Å². The van der Waals surface area contributed by atoms with Crippen LogP contribution < -0.4 is 5.32 Å². The van der Waals surface area contributed by atoms with Crippen LogP contribution in [-0.2, 0) is 23.7 Å². The number of aliphatic hydroxyl groups excluding tert-OH is 8. The van der Waals surface area contributed by atoms with E-state index in [4.69, 9.17) is 18.9 Å². The van der Waals surface area contributed by atoms with Gasteiger partial charge >= 0.3 is 0 Å². The monoisotopic (exact) mass is 1320 g/mol. The fraction of sp³-hybridized carbons (Fsp3) is 0.937. The summed E-state index contributed by atoms with van der Waals surface area (Å²) >= 11 is 0. The largest absolute Gasteiger partial charge is 0.394 e. The first-order valence-electron chi connectivity index (χ1n) is 40.1. The number of aliphatic hydroxyl groups is 8. The molecule has 0 saturated carbocycles. The second kappa shape index (κ2) is 63.9. The van der Waals surface area contributed by atoms with Gasteiger partial charge in [-0.25, -0.2) is 0 Å². The molecule has 0 aliphatic carbocycles. The predicted octanol–water partition coefficient (Wildman–Crippen LogP) is 17.9. The highest BCUT2D eigenvalue weighted by molar-refractivity contribution is 5.76. The highest BCUT2D eigenvalue weighted by atomic mass is 16.7. The minimum atomic E-state index is -1.79. The van der Waals surface area contributed by atoms with Crippen LogP contribution in [0.5, 0.6) is 0 Å². The summed E-state index contributed by atoms with van der Waals surface area (Å²) in [5.74, 6) is -0.240. The van der Waals surface area contributed by atoms with Crippen molar-refractivity contribution in [2.24, 2.45) is 0 Å². The first-order chi connectivity index (χ1) is 45.6. The molecule has 12 atom stereocenters. The molecule has 12 unspecified atom stereocenters. The van der Waals surface area contributed by atoms with Crippen molar-refractivity contribution in [3.05, 3.63) is 24.3 Å². The molecule has 2 saturated heterocycles. The van der Waals surface area contributed by atoms with Crippen LogP contribution in [0.25, 0.3) is 0 Å². The summed E-state index contributed by atoms with van der Waals surface area (Å²) in [4.78, 5) is 13.4. The molecule has 550 valence electrons. The maximum atomic E-state index is 13.4. The standard InChI is InChI=1S/C79H151NO13/c1-3-5-7-9-11-13-15-17-19-21-23-25-26-27-28-29-30-31-32-33-34-35-36-37-38-39-40-41-42-43-45-47-49-51-53-55-57-59-61-63-71(84)80-67(68(83)62-60-58-56-54-52-50-48-46-44-24-22-20-18-16-14-12-10-8-6-4-2)66-90-78-76(89)74(87)77(70(65-82)92-78)93-79-75(88)73(86)72(85)69(64-81)91-79/h52,54,60,62,67-70,72-79,81-83,85-89H,3-51,53,55-59,61,63-66H2,1-2H3,(H,80,84)/b54-52+,62-60+. The van der Waals surface area contributed by atoms with Gasteiger partial charge in [-0.05, 0) is 32.1 Å². The molecule has 9 N–H and O–H groups in total. The Kier molecular flexibility index (Phi) is 60.1. The molecule has 2 aliphatic heterocycles. The van der Waals surface area contributed by atoms with Crippen LogP contribution in [0, 0.1) is 0 Å². The van der Waals surface area contributed by atoms with Gasteiger partial charge in [-0.15, -0.1) is 0 Å². The van der Waals surface area contributed by atoms with Gasteiger partial charge in [-0.2, -0.15) is 0 Å². The number of rotatable bonds is 68. The Labute approximate surface area is 570 Å². The summed E-state index contributed by atoms with van der Waals surface area (Å²) in [7, 11) is 0. The molecule has 0 spiro atoms. The Morgan fingerprint density at radius 1 is 0.376 bits per heavy atom. The van der Waals surface area contributed by atoms with Gasteiger partial charge in [0.1, 0.15) is 48.8 Å². The molecule has 0 aromatic heterocycles. The van der Waals surface area contributed by atoms with E-state index in [9.17, 15) is 45.6 Å². The minimum absolute atomic E-state index is 0.240. The summed E-state index contributed by atoms with van der Waals surface area (Å²) in [5.41, 5.74) is 0. The van der Waals surface area contributed by atoms with E-state index in [1.54, 1.807) is 6.08 Å². The third-order valence-corrected chi connectivity index (χ3v) is 19.9. The third kappa shape index (κ3) is 47.2. The van der Waals surface area contributed by atoms with Crippen LogP contribution in [0.15, 0.2) is 24.3 Å². The van der Waals surface area contributed by atoms with Crippen LogP contribution in [0.3, 0.4) is 0 Å². The van der Waals surface area contributed by atoms with Crippen molar-refractivity contribution in [3.63, 3.8) is 0 Å². The molecule has 2 heterocycles. The molecular formula is C79H151NO13. The van der Waals surface area contributed by atoms with Crippen molar-refractivity contribution in [2.45, 2.75) is 453 Å². The number of hydrogen-bond acceptors (Lipinski definition) is 13. The second-order valence-electron chi connectivity index (χ2n) is 28.5. The number of nitrogens with one attached hydrogen (secondary N) is 1. The van der Waals surface area contributed by atoms with Gasteiger partial charge in [0, 0.05) is 6.42 Å². The van der Waals surface area contributed by atoms with E-state index in [1.807, 2.05) is 6.08 Å². The minimum Gasteiger partial charge on any atom is -0.394 e. The van der Waals surface area contributed by atoms with E-state index < -0.39 is 86.8 Å². The summed E-state index contributed by atoms with van der Waals surface area (Å²) in [5, 5.41) is 87.5. The van der Waals surface area contributed by atoms with Crippen molar-refractivity contribution >= 4 is 5.91 Å². The predicted molar refractivity (Wildman–Crippen MR) is 383 cm³/mol. The molecule has 0 bridgehead atoms. The molecule has 93 heavy (non-hydrogen) atoms. The van der Waals surface area contributed by atoms with Crippen LogP contribution >= 0.6 is 0 Å². The van der Waals surface area contributed by atoms with Gasteiger partial charge in [0.15, 0.2) is 12.6 Å². The normalized spacial score (nSPS) is 22.6. The van der Waals surface area contributed by atoms with Gasteiger partial charge in [-0.3, -0.25) is 4.79 Å². The molecule has 0 aromatic rings. The number of amides is 1. The lowest BCUT2D eigenvalue weighted by molar-refractivity contribution is -0.359. The quantitative estimate of drug-likeness (QED) is 0.0204. The van der Waals surface area contributed by atoms with E-state index in [2.05, 4.69) is 31.3 Å². The topological polar surface area (TPSA) is 228 Å². The van der Waals surface area contributed by atoms with Crippen molar-refractivity contribution in [2.75, 3.05) is 19.8 Å². The third-order valence-electron chi connectivity index (χ3n) is 19.9. The molecule has 0 radical (unpaired) electrons. The first-order valence-corrected chi connectivity index (χ1v) is 40.1. The van der Waals surface area contributed by atoms with E-state index in [1.165, 1.54) is 315 Å². The summed E-state index contributed by atoms with van der Waals surface area (Å²) in [6.07, 6.45) is 65.7. The zero-order valence-corrected chi connectivity index (χ0v) is 60.3. The van der Waals surface area contributed by atoms with Crippen LogP contribution in [0.2, 0.25) is 0 Å². The van der Waals surface area contributed by atoms with Gasteiger partial charge in [0.2, 0.25) is 5.91 Å². The number of unbranched alkanes of at least 4 members (excludes halogenated alkanes) is 53. The zero-order chi connectivity index (χ0) is 67.3. The van der Waals surface area contributed by atoms with E-state index in [0.717, 1.165) is 32.1 Å². The molecule has 2 rings (SSSR count). The van der Waals surface area contributed by atoms with E-state index in [0.29, 0.717) is 12.8 Å². The molecule has 14 nitrogen and oxygen atoms in total. The van der Waals surface area contributed by atoms with Gasteiger partial charge in [-0.1, -0.05) is 366 Å². The molecule has 2 fully saturated rings. The maximum absolute atomic E-state index is 13.4. The number of allylic oxidation sites excluding steroid dienone is 3.